The maximum absolute atomic E-state index is 12.1. The number of amides is 1. The fourth-order valence-corrected chi connectivity index (χ4v) is 2.81. The van der Waals surface area contributed by atoms with E-state index in [2.05, 4.69) is 0 Å². The van der Waals surface area contributed by atoms with Gasteiger partial charge in [-0.25, -0.2) is 4.79 Å². The van der Waals surface area contributed by atoms with Crippen LogP contribution in [-0.4, -0.2) is 36.5 Å². The van der Waals surface area contributed by atoms with Crippen molar-refractivity contribution in [3.63, 3.8) is 0 Å². The minimum atomic E-state index is -0.382. The minimum absolute atomic E-state index is 0.0142. The van der Waals surface area contributed by atoms with Crippen molar-refractivity contribution in [2.45, 2.75) is 25.3 Å². The molecule has 1 aromatic rings. The van der Waals surface area contributed by atoms with E-state index in [1.165, 1.54) is 7.11 Å². The van der Waals surface area contributed by atoms with Gasteiger partial charge in [0, 0.05) is 11.4 Å². The topological polar surface area (TPSA) is 46.6 Å². The van der Waals surface area contributed by atoms with Crippen LogP contribution >= 0.6 is 11.3 Å². The Kier molecular flexibility index (Phi) is 3.78. The molecule has 0 bridgehead atoms. The smallest absolute Gasteiger partial charge is 0.328 e. The molecule has 1 unspecified atom stereocenters. The molecule has 0 N–H and O–H groups in total. The van der Waals surface area contributed by atoms with E-state index >= 15 is 0 Å². The highest BCUT2D eigenvalue weighted by Gasteiger charge is 2.34. The lowest BCUT2D eigenvalue weighted by Crippen LogP contribution is -2.41. The molecule has 0 aliphatic carbocycles. The number of ether oxygens (including phenoxy) is 1. The van der Waals surface area contributed by atoms with Gasteiger partial charge in [0.1, 0.15) is 6.04 Å². The van der Waals surface area contributed by atoms with Crippen LogP contribution in [0, 0.1) is 0 Å². The standard InChI is InChI=1S/C12H15NO3S/c1-16-12(15)10-5-2-6-13(10)11(14)8-9-4-3-7-17-9/h3-4,7,10H,2,5-6,8H2,1H3. The number of hydrogen-bond donors (Lipinski definition) is 0. The average molecular weight is 253 g/mol. The lowest BCUT2D eigenvalue weighted by molar-refractivity contribution is -0.150. The van der Waals surface area contributed by atoms with Gasteiger partial charge in [0.2, 0.25) is 5.91 Å². The van der Waals surface area contributed by atoms with Crippen LogP contribution in [0.25, 0.3) is 0 Å². The highest BCUT2D eigenvalue weighted by molar-refractivity contribution is 7.10. The zero-order chi connectivity index (χ0) is 12.3. The highest BCUT2D eigenvalue weighted by atomic mass is 32.1. The van der Waals surface area contributed by atoms with Crippen LogP contribution in [-0.2, 0) is 20.7 Å². The SMILES string of the molecule is COC(=O)C1CCCN1C(=O)Cc1cccs1. The molecular weight excluding hydrogens is 238 g/mol. The summed E-state index contributed by atoms with van der Waals surface area (Å²) in [4.78, 5) is 26.3. The molecule has 0 aromatic carbocycles. The van der Waals surface area contributed by atoms with Crippen LogP contribution in [0.5, 0.6) is 0 Å². The summed E-state index contributed by atoms with van der Waals surface area (Å²) in [7, 11) is 1.36. The Morgan fingerprint density at radius 3 is 3.06 bits per heavy atom. The van der Waals surface area contributed by atoms with Gasteiger partial charge in [-0.15, -0.1) is 11.3 Å². The zero-order valence-electron chi connectivity index (χ0n) is 9.72. The van der Waals surface area contributed by atoms with Crippen LogP contribution in [0.2, 0.25) is 0 Å². The van der Waals surface area contributed by atoms with Gasteiger partial charge in [-0.1, -0.05) is 6.07 Å². The van der Waals surface area contributed by atoms with Crippen molar-refractivity contribution in [2.24, 2.45) is 0 Å². The van der Waals surface area contributed by atoms with E-state index in [-0.39, 0.29) is 17.9 Å². The molecule has 1 atom stereocenters. The average Bonchev–Trinajstić information content (AvgIpc) is 2.97. The van der Waals surface area contributed by atoms with Crippen LogP contribution in [0.4, 0.5) is 0 Å². The van der Waals surface area contributed by atoms with E-state index in [1.54, 1.807) is 16.2 Å². The summed E-state index contributed by atoms with van der Waals surface area (Å²) >= 11 is 1.56. The van der Waals surface area contributed by atoms with Crippen molar-refractivity contribution < 1.29 is 14.3 Å². The first kappa shape index (κ1) is 12.1. The van der Waals surface area contributed by atoms with Crippen molar-refractivity contribution in [1.29, 1.82) is 0 Å². The largest absolute Gasteiger partial charge is 0.467 e. The number of methoxy groups -OCH3 is 1. The molecule has 0 spiro atoms. The molecule has 1 amide bonds. The van der Waals surface area contributed by atoms with Crippen molar-refractivity contribution >= 4 is 23.2 Å². The predicted molar refractivity (Wildman–Crippen MR) is 64.8 cm³/mol. The first-order valence-corrected chi connectivity index (χ1v) is 6.50. The van der Waals surface area contributed by atoms with Crippen LogP contribution in [0.3, 0.4) is 0 Å². The molecule has 1 aliphatic heterocycles. The Morgan fingerprint density at radius 2 is 2.41 bits per heavy atom. The van der Waals surface area contributed by atoms with Gasteiger partial charge in [0.15, 0.2) is 0 Å². The minimum Gasteiger partial charge on any atom is -0.467 e. The molecule has 0 saturated carbocycles. The molecule has 2 heterocycles. The normalized spacial score (nSPS) is 19.4. The molecule has 1 fully saturated rings. The highest BCUT2D eigenvalue weighted by Crippen LogP contribution is 2.20. The van der Waals surface area contributed by atoms with E-state index in [1.807, 2.05) is 17.5 Å². The van der Waals surface area contributed by atoms with Gasteiger partial charge in [0.25, 0.3) is 0 Å². The van der Waals surface area contributed by atoms with Crippen LogP contribution < -0.4 is 0 Å². The molecule has 1 saturated heterocycles. The second-order valence-corrected chi connectivity index (χ2v) is 5.06. The zero-order valence-corrected chi connectivity index (χ0v) is 10.5. The Morgan fingerprint density at radius 1 is 1.59 bits per heavy atom. The molecular formula is C12H15NO3S. The van der Waals surface area contributed by atoms with E-state index in [0.717, 1.165) is 11.3 Å². The number of carbonyl (C=O) groups excluding carboxylic acids is 2. The molecule has 5 heteroatoms. The van der Waals surface area contributed by atoms with Crippen LogP contribution in [0.15, 0.2) is 17.5 Å². The summed E-state index contributed by atoms with van der Waals surface area (Å²) in [6.07, 6.45) is 1.96. The predicted octanol–water partition coefficient (Wildman–Crippen LogP) is 1.45. The molecule has 1 aliphatic rings. The number of rotatable bonds is 3. The third-order valence-electron chi connectivity index (χ3n) is 2.95. The second-order valence-electron chi connectivity index (χ2n) is 4.02. The maximum atomic E-state index is 12.1. The molecule has 4 nitrogen and oxygen atoms in total. The Hall–Kier alpha value is -1.36. The van der Waals surface area contributed by atoms with E-state index in [9.17, 15) is 9.59 Å². The summed E-state index contributed by atoms with van der Waals surface area (Å²) in [5.41, 5.74) is 0. The molecule has 17 heavy (non-hydrogen) atoms. The lowest BCUT2D eigenvalue weighted by Gasteiger charge is -2.22. The van der Waals surface area contributed by atoms with Gasteiger partial charge >= 0.3 is 5.97 Å². The number of carbonyl (C=O) groups is 2. The lowest BCUT2D eigenvalue weighted by atomic mass is 10.2. The Balaban J connectivity index is 2.01. The number of esters is 1. The number of hydrogen-bond acceptors (Lipinski definition) is 4. The van der Waals surface area contributed by atoms with Crippen molar-refractivity contribution in [3.05, 3.63) is 22.4 Å². The van der Waals surface area contributed by atoms with Gasteiger partial charge in [-0.3, -0.25) is 4.79 Å². The van der Waals surface area contributed by atoms with Crippen LogP contribution in [0.1, 0.15) is 17.7 Å². The molecule has 2 rings (SSSR count). The molecule has 0 radical (unpaired) electrons. The Bertz CT molecular complexity index is 402. The third kappa shape index (κ3) is 2.66. The van der Waals surface area contributed by atoms with Gasteiger partial charge in [-0.2, -0.15) is 0 Å². The summed E-state index contributed by atoms with van der Waals surface area (Å²) in [5, 5.41) is 1.95. The Labute approximate surface area is 104 Å². The fourth-order valence-electron chi connectivity index (χ4n) is 2.11. The number of thiophene rings is 1. The molecule has 1 aromatic heterocycles. The quantitative estimate of drug-likeness (QED) is 0.766. The van der Waals surface area contributed by atoms with Gasteiger partial charge in [-0.05, 0) is 24.3 Å². The first-order chi connectivity index (χ1) is 8.22. The second kappa shape index (κ2) is 5.31. The van der Waals surface area contributed by atoms with Crippen molar-refractivity contribution in [3.8, 4) is 0 Å². The number of likely N-dealkylation sites (tertiary alicyclic amines) is 1. The summed E-state index contributed by atoms with van der Waals surface area (Å²) in [5.74, 6) is -0.289. The monoisotopic (exact) mass is 253 g/mol. The van der Waals surface area contributed by atoms with E-state index in [0.29, 0.717) is 19.4 Å². The summed E-state index contributed by atoms with van der Waals surface area (Å²) in [6.45, 7) is 0.657. The van der Waals surface area contributed by atoms with E-state index < -0.39 is 0 Å². The third-order valence-corrected chi connectivity index (χ3v) is 3.83. The maximum Gasteiger partial charge on any atom is 0.328 e. The summed E-state index contributed by atoms with van der Waals surface area (Å²) in [6, 6.07) is 3.48. The van der Waals surface area contributed by atoms with E-state index in [4.69, 9.17) is 4.74 Å². The fraction of sp³-hybridized carbons (Fsp3) is 0.500. The first-order valence-electron chi connectivity index (χ1n) is 5.62. The molecule has 92 valence electrons. The van der Waals surface area contributed by atoms with Crippen molar-refractivity contribution in [2.75, 3.05) is 13.7 Å². The van der Waals surface area contributed by atoms with Gasteiger partial charge < -0.3 is 9.64 Å². The number of nitrogens with zero attached hydrogens (tertiary/aromatic N) is 1. The van der Waals surface area contributed by atoms with Gasteiger partial charge in [0.05, 0.1) is 13.5 Å². The summed E-state index contributed by atoms with van der Waals surface area (Å²) < 4.78 is 4.72. The van der Waals surface area contributed by atoms with Crippen molar-refractivity contribution in [1.82, 2.24) is 4.90 Å².